The van der Waals surface area contributed by atoms with Gasteiger partial charge in [-0.25, -0.2) is 4.79 Å². The van der Waals surface area contributed by atoms with Crippen molar-refractivity contribution in [3.63, 3.8) is 0 Å². The Morgan fingerprint density at radius 1 is 1.23 bits per heavy atom. The van der Waals surface area contributed by atoms with Gasteiger partial charge in [-0.05, 0) is 50.3 Å². The highest BCUT2D eigenvalue weighted by Crippen LogP contribution is 2.46. The number of halogens is 2. The van der Waals surface area contributed by atoms with Crippen LogP contribution in [-0.4, -0.2) is 29.8 Å². The van der Waals surface area contributed by atoms with Gasteiger partial charge in [0.2, 0.25) is 0 Å². The molecule has 2 aromatic rings. The molecule has 0 unspecified atom stereocenters. The summed E-state index contributed by atoms with van der Waals surface area (Å²) < 4.78 is 11.4. The molecule has 3 fully saturated rings. The van der Waals surface area contributed by atoms with E-state index in [-0.39, 0.29) is 18.1 Å². The summed E-state index contributed by atoms with van der Waals surface area (Å²) in [6, 6.07) is 5.46. The molecule has 1 aromatic heterocycles. The fourth-order valence-electron chi connectivity index (χ4n) is 4.15. The second-order valence-corrected chi connectivity index (χ2v) is 8.25. The molecule has 5 nitrogen and oxygen atoms in total. The van der Waals surface area contributed by atoms with Crippen molar-refractivity contribution in [1.29, 1.82) is 0 Å². The minimum absolute atomic E-state index is 0.0993. The Balaban J connectivity index is 1.52. The second kappa shape index (κ2) is 6.25. The predicted octanol–water partition coefficient (Wildman–Crippen LogP) is 4.43. The molecule has 2 heterocycles. The Kier molecular flexibility index (Phi) is 3.99. The monoisotopic (exact) mass is 392 g/mol. The number of benzene rings is 1. The van der Waals surface area contributed by atoms with Gasteiger partial charge in [-0.2, -0.15) is 0 Å². The lowest BCUT2D eigenvalue weighted by Crippen LogP contribution is -2.39. The maximum absolute atomic E-state index is 13.1. The summed E-state index contributed by atoms with van der Waals surface area (Å²) in [6.07, 6.45) is 3.86. The molecule has 0 amide bonds. The van der Waals surface area contributed by atoms with Crippen LogP contribution in [0.4, 0.5) is 0 Å². The quantitative estimate of drug-likeness (QED) is 0.779. The van der Waals surface area contributed by atoms with Gasteiger partial charge in [-0.3, -0.25) is 0 Å². The topological polar surface area (TPSA) is 64.4 Å². The smallest absolute Gasteiger partial charge is 0.344 e. The number of hydrogen-bond acceptors (Lipinski definition) is 5. The summed E-state index contributed by atoms with van der Waals surface area (Å²) in [5.41, 5.74) is 1.28. The first-order chi connectivity index (χ1) is 12.6. The summed E-state index contributed by atoms with van der Waals surface area (Å²) >= 11 is 12.7. The Bertz CT molecular complexity index is 857. The molecule has 7 heteroatoms. The van der Waals surface area contributed by atoms with Crippen LogP contribution in [0.25, 0.3) is 11.3 Å². The lowest BCUT2D eigenvalue weighted by molar-refractivity contribution is 0.0218. The van der Waals surface area contributed by atoms with Crippen molar-refractivity contribution in [3.05, 3.63) is 39.6 Å². The third-order valence-corrected chi connectivity index (χ3v) is 6.23. The SMILES string of the molecule is O=C(O[C@@H]1C[C@H]2CN[C@@H]1C2)c1c(-c2c(Cl)cccc2Cl)noc1C1CC1. The normalized spacial score (nSPS) is 27.1. The number of nitrogens with one attached hydrogen (secondary N) is 1. The molecule has 2 saturated carbocycles. The lowest BCUT2D eigenvalue weighted by Gasteiger charge is -2.23. The molecule has 3 atom stereocenters. The van der Waals surface area contributed by atoms with Gasteiger partial charge in [0, 0.05) is 17.5 Å². The maximum atomic E-state index is 13.1. The van der Waals surface area contributed by atoms with E-state index in [4.69, 9.17) is 32.5 Å². The van der Waals surface area contributed by atoms with E-state index in [2.05, 4.69) is 10.5 Å². The van der Waals surface area contributed by atoms with Crippen molar-refractivity contribution in [2.45, 2.75) is 43.7 Å². The first-order valence-corrected chi connectivity index (χ1v) is 9.75. The van der Waals surface area contributed by atoms with Gasteiger partial charge in [0.25, 0.3) is 0 Å². The number of rotatable bonds is 4. The van der Waals surface area contributed by atoms with E-state index in [1.54, 1.807) is 18.2 Å². The third kappa shape index (κ3) is 2.73. The summed E-state index contributed by atoms with van der Waals surface area (Å²) in [4.78, 5) is 13.1. The van der Waals surface area contributed by atoms with Crippen LogP contribution < -0.4 is 5.32 Å². The Morgan fingerprint density at radius 3 is 2.62 bits per heavy atom. The van der Waals surface area contributed by atoms with Gasteiger partial charge in [-0.15, -0.1) is 0 Å². The van der Waals surface area contributed by atoms with Crippen LogP contribution >= 0.6 is 23.2 Å². The van der Waals surface area contributed by atoms with E-state index in [0.717, 1.165) is 32.2 Å². The van der Waals surface area contributed by atoms with Crippen molar-refractivity contribution in [1.82, 2.24) is 10.5 Å². The predicted molar refractivity (Wildman–Crippen MR) is 97.7 cm³/mol. The fraction of sp³-hybridized carbons (Fsp3) is 0.474. The molecular weight excluding hydrogens is 375 g/mol. The van der Waals surface area contributed by atoms with Crippen LogP contribution in [0.2, 0.25) is 10.0 Å². The molecule has 1 aromatic carbocycles. The number of carbonyl (C=O) groups excluding carboxylic acids is 1. The fourth-order valence-corrected chi connectivity index (χ4v) is 4.72. The summed E-state index contributed by atoms with van der Waals surface area (Å²) in [7, 11) is 0. The number of piperidine rings is 1. The molecule has 1 N–H and O–H groups in total. The van der Waals surface area contributed by atoms with Gasteiger partial charge in [0.05, 0.1) is 10.0 Å². The Morgan fingerprint density at radius 2 is 2.00 bits per heavy atom. The zero-order valence-corrected chi connectivity index (χ0v) is 15.5. The van der Waals surface area contributed by atoms with Crippen LogP contribution in [0.15, 0.2) is 22.7 Å². The first kappa shape index (κ1) is 16.6. The molecular formula is C19H18Cl2N2O3. The molecule has 0 spiro atoms. The van der Waals surface area contributed by atoms with Gasteiger partial charge in [0.1, 0.15) is 17.4 Å². The number of carbonyl (C=O) groups is 1. The molecule has 26 heavy (non-hydrogen) atoms. The molecule has 3 aliphatic rings. The van der Waals surface area contributed by atoms with E-state index in [9.17, 15) is 4.79 Å². The van der Waals surface area contributed by atoms with Gasteiger partial charge in [0.15, 0.2) is 5.76 Å². The minimum atomic E-state index is -0.390. The highest BCUT2D eigenvalue weighted by atomic mass is 35.5. The Hall–Kier alpha value is -1.56. The highest BCUT2D eigenvalue weighted by molar-refractivity contribution is 6.39. The number of esters is 1. The maximum Gasteiger partial charge on any atom is 0.344 e. The van der Waals surface area contributed by atoms with Crippen molar-refractivity contribution in [2.24, 2.45) is 5.92 Å². The molecule has 0 radical (unpaired) electrons. The van der Waals surface area contributed by atoms with Crippen LogP contribution in [0.3, 0.4) is 0 Å². The highest BCUT2D eigenvalue weighted by Gasteiger charge is 2.43. The molecule has 2 bridgehead atoms. The molecule has 5 rings (SSSR count). The van der Waals surface area contributed by atoms with Crippen LogP contribution in [0.5, 0.6) is 0 Å². The number of ether oxygens (including phenoxy) is 1. The van der Waals surface area contributed by atoms with Crippen molar-refractivity contribution in [3.8, 4) is 11.3 Å². The third-order valence-electron chi connectivity index (χ3n) is 5.60. The van der Waals surface area contributed by atoms with Crippen LogP contribution in [0, 0.1) is 5.92 Å². The van der Waals surface area contributed by atoms with E-state index in [0.29, 0.717) is 38.5 Å². The largest absolute Gasteiger partial charge is 0.457 e. The summed E-state index contributed by atoms with van der Waals surface area (Å²) in [5, 5.41) is 8.43. The van der Waals surface area contributed by atoms with E-state index in [1.807, 2.05) is 0 Å². The molecule has 2 aliphatic carbocycles. The number of hydrogen-bond donors (Lipinski definition) is 1. The standard InChI is InChI=1S/C19H18Cl2N2O3/c20-11-2-1-3-12(21)15(11)17-16(18(26-23-17)10-4-5-10)19(24)25-14-7-9-6-13(14)22-8-9/h1-3,9-10,13-14,22H,4-8H2/t9-,13+,14+/m0/s1. The van der Waals surface area contributed by atoms with Crippen LogP contribution in [-0.2, 0) is 4.74 Å². The van der Waals surface area contributed by atoms with Gasteiger partial charge < -0.3 is 14.6 Å². The first-order valence-electron chi connectivity index (χ1n) is 9.00. The van der Waals surface area contributed by atoms with E-state index < -0.39 is 5.97 Å². The Labute approximate surface area is 161 Å². The van der Waals surface area contributed by atoms with Crippen LogP contribution in [0.1, 0.15) is 47.7 Å². The average molecular weight is 393 g/mol. The minimum Gasteiger partial charge on any atom is -0.457 e. The molecule has 1 aliphatic heterocycles. The van der Waals surface area contributed by atoms with E-state index in [1.165, 1.54) is 0 Å². The van der Waals surface area contributed by atoms with Crippen molar-refractivity contribution in [2.75, 3.05) is 6.54 Å². The lowest BCUT2D eigenvalue weighted by atomic mass is 10.0. The van der Waals surface area contributed by atoms with Gasteiger partial charge in [-0.1, -0.05) is 34.4 Å². The van der Waals surface area contributed by atoms with E-state index >= 15 is 0 Å². The molecule has 1 saturated heterocycles. The van der Waals surface area contributed by atoms with Gasteiger partial charge >= 0.3 is 5.97 Å². The number of fused-ring (bicyclic) bond motifs is 2. The second-order valence-electron chi connectivity index (χ2n) is 7.44. The zero-order valence-electron chi connectivity index (χ0n) is 14.0. The van der Waals surface area contributed by atoms with Crippen molar-refractivity contribution < 1.29 is 14.1 Å². The summed E-state index contributed by atoms with van der Waals surface area (Å²) in [5.74, 6) is 1.02. The number of aromatic nitrogens is 1. The zero-order chi connectivity index (χ0) is 17.8. The molecule has 136 valence electrons. The average Bonchev–Trinajstić information content (AvgIpc) is 3.03. The summed E-state index contributed by atoms with van der Waals surface area (Å²) in [6.45, 7) is 1.01. The number of nitrogens with zero attached hydrogens (tertiary/aromatic N) is 1. The van der Waals surface area contributed by atoms with Crippen molar-refractivity contribution >= 4 is 29.2 Å².